The molecule has 20 heavy (non-hydrogen) atoms. The molecule has 0 aliphatic carbocycles. The molecule has 0 bridgehead atoms. The van der Waals surface area contributed by atoms with Crippen molar-refractivity contribution in [1.82, 2.24) is 0 Å². The molecule has 3 heteroatoms. The number of esters is 1. The smallest absolute Gasteiger partial charge is 0.347 e. The van der Waals surface area contributed by atoms with E-state index >= 15 is 0 Å². The van der Waals surface area contributed by atoms with Gasteiger partial charge in [-0.3, -0.25) is 0 Å². The third kappa shape index (κ3) is 3.29. The van der Waals surface area contributed by atoms with E-state index in [0.717, 1.165) is 29.4 Å². The Morgan fingerprint density at radius 3 is 2.65 bits per heavy atom. The van der Waals surface area contributed by atoms with Crippen molar-refractivity contribution in [2.45, 2.75) is 32.3 Å². The summed E-state index contributed by atoms with van der Waals surface area (Å²) in [5.41, 5.74) is 0. The molecule has 0 aliphatic rings. The monoisotopic (exact) mass is 272 g/mol. The van der Waals surface area contributed by atoms with E-state index in [0.29, 0.717) is 6.42 Å². The number of methoxy groups -OCH3 is 1. The summed E-state index contributed by atoms with van der Waals surface area (Å²) in [4.78, 5) is 11.8. The number of carbonyl (C=O) groups excluding carboxylic acids is 1. The van der Waals surface area contributed by atoms with Crippen molar-refractivity contribution >= 4 is 16.7 Å². The molecule has 0 heterocycles. The van der Waals surface area contributed by atoms with Crippen LogP contribution < -0.4 is 4.74 Å². The zero-order valence-electron chi connectivity index (χ0n) is 12.0. The molecule has 2 rings (SSSR count). The van der Waals surface area contributed by atoms with Crippen molar-refractivity contribution in [1.29, 1.82) is 0 Å². The van der Waals surface area contributed by atoms with Crippen LogP contribution in [0.4, 0.5) is 0 Å². The summed E-state index contributed by atoms with van der Waals surface area (Å²) in [5, 5.41) is 2.12. The van der Waals surface area contributed by atoms with E-state index in [1.165, 1.54) is 7.11 Å². The average Bonchev–Trinajstić information content (AvgIpc) is 2.50. The first-order valence-electron chi connectivity index (χ1n) is 6.98. The van der Waals surface area contributed by atoms with Crippen molar-refractivity contribution in [2.75, 3.05) is 7.11 Å². The first-order chi connectivity index (χ1) is 9.76. The topological polar surface area (TPSA) is 35.5 Å². The number of unbranched alkanes of at least 4 members (excludes halogenated alkanes) is 1. The zero-order valence-corrected chi connectivity index (χ0v) is 12.0. The Morgan fingerprint density at radius 1 is 1.15 bits per heavy atom. The second-order valence-corrected chi connectivity index (χ2v) is 4.75. The summed E-state index contributed by atoms with van der Waals surface area (Å²) >= 11 is 0. The lowest BCUT2D eigenvalue weighted by atomic mass is 10.1. The Labute approximate surface area is 119 Å². The number of ether oxygens (including phenoxy) is 2. The van der Waals surface area contributed by atoms with Crippen LogP contribution in [0, 0.1) is 0 Å². The summed E-state index contributed by atoms with van der Waals surface area (Å²) < 4.78 is 10.7. The summed E-state index contributed by atoms with van der Waals surface area (Å²) in [7, 11) is 1.40. The first-order valence-corrected chi connectivity index (χ1v) is 6.98. The molecule has 0 amide bonds. The molecule has 0 spiro atoms. The highest BCUT2D eigenvalue weighted by Gasteiger charge is 2.21. The quantitative estimate of drug-likeness (QED) is 0.747. The molecule has 0 aromatic heterocycles. The molecule has 0 radical (unpaired) electrons. The highest BCUT2D eigenvalue weighted by Crippen LogP contribution is 2.27. The number of rotatable bonds is 6. The molecule has 2 aromatic rings. The Hall–Kier alpha value is -2.03. The van der Waals surface area contributed by atoms with E-state index < -0.39 is 6.10 Å². The minimum Gasteiger partial charge on any atom is -0.478 e. The average molecular weight is 272 g/mol. The minimum atomic E-state index is -0.536. The van der Waals surface area contributed by atoms with Gasteiger partial charge in [0.05, 0.1) is 7.11 Å². The normalized spacial score (nSPS) is 12.1. The largest absolute Gasteiger partial charge is 0.478 e. The number of carbonyl (C=O) groups is 1. The second-order valence-electron chi connectivity index (χ2n) is 4.75. The van der Waals surface area contributed by atoms with E-state index in [4.69, 9.17) is 9.47 Å². The number of hydrogen-bond acceptors (Lipinski definition) is 3. The molecule has 0 N–H and O–H groups in total. The van der Waals surface area contributed by atoms with E-state index in [1.807, 2.05) is 42.5 Å². The van der Waals surface area contributed by atoms with Crippen LogP contribution in [0.5, 0.6) is 5.75 Å². The van der Waals surface area contributed by atoms with Gasteiger partial charge in [0, 0.05) is 5.39 Å². The van der Waals surface area contributed by atoms with Crippen LogP contribution in [0.3, 0.4) is 0 Å². The second kappa shape index (κ2) is 6.94. The zero-order chi connectivity index (χ0) is 14.4. The van der Waals surface area contributed by atoms with Crippen molar-refractivity contribution in [2.24, 2.45) is 0 Å². The van der Waals surface area contributed by atoms with Crippen molar-refractivity contribution in [3.05, 3.63) is 42.5 Å². The molecule has 2 aromatic carbocycles. The third-order valence-electron chi connectivity index (χ3n) is 3.30. The molecule has 1 unspecified atom stereocenters. The molecule has 0 saturated heterocycles. The van der Waals surface area contributed by atoms with Crippen LogP contribution in [-0.2, 0) is 9.53 Å². The predicted molar refractivity (Wildman–Crippen MR) is 79.9 cm³/mol. The van der Waals surface area contributed by atoms with E-state index in [1.54, 1.807) is 0 Å². The summed E-state index contributed by atoms with van der Waals surface area (Å²) in [6.45, 7) is 2.09. The summed E-state index contributed by atoms with van der Waals surface area (Å²) in [6, 6.07) is 13.8. The molecule has 0 saturated carbocycles. The van der Waals surface area contributed by atoms with Gasteiger partial charge in [-0.2, -0.15) is 0 Å². The van der Waals surface area contributed by atoms with Gasteiger partial charge in [0.15, 0.2) is 6.10 Å². The molecular formula is C17H20O3. The van der Waals surface area contributed by atoms with Crippen LogP contribution in [-0.4, -0.2) is 19.2 Å². The van der Waals surface area contributed by atoms with Crippen molar-refractivity contribution in [3.8, 4) is 5.75 Å². The van der Waals surface area contributed by atoms with Gasteiger partial charge < -0.3 is 9.47 Å². The van der Waals surface area contributed by atoms with Crippen LogP contribution in [0.1, 0.15) is 26.2 Å². The Balaban J connectivity index is 2.25. The fraction of sp³-hybridized carbons (Fsp3) is 0.353. The summed E-state index contributed by atoms with van der Waals surface area (Å²) in [6.07, 6.45) is 2.09. The van der Waals surface area contributed by atoms with Gasteiger partial charge in [0.1, 0.15) is 5.75 Å². The van der Waals surface area contributed by atoms with Crippen LogP contribution in [0.25, 0.3) is 10.8 Å². The number of benzene rings is 2. The fourth-order valence-electron chi connectivity index (χ4n) is 2.20. The highest BCUT2D eigenvalue weighted by molar-refractivity contribution is 5.88. The Kier molecular flexibility index (Phi) is 4.99. The maximum atomic E-state index is 11.8. The third-order valence-corrected chi connectivity index (χ3v) is 3.30. The van der Waals surface area contributed by atoms with Crippen LogP contribution >= 0.6 is 0 Å². The van der Waals surface area contributed by atoms with Crippen LogP contribution in [0.15, 0.2) is 42.5 Å². The van der Waals surface area contributed by atoms with E-state index in [-0.39, 0.29) is 5.97 Å². The van der Waals surface area contributed by atoms with Gasteiger partial charge in [0.25, 0.3) is 0 Å². The van der Waals surface area contributed by atoms with Crippen LogP contribution in [0.2, 0.25) is 0 Å². The van der Waals surface area contributed by atoms with Gasteiger partial charge >= 0.3 is 5.97 Å². The predicted octanol–water partition coefficient (Wildman–Crippen LogP) is 3.95. The van der Waals surface area contributed by atoms with Crippen molar-refractivity contribution in [3.63, 3.8) is 0 Å². The molecular weight excluding hydrogens is 252 g/mol. The van der Waals surface area contributed by atoms with Gasteiger partial charge in [-0.25, -0.2) is 4.79 Å². The Morgan fingerprint density at radius 2 is 1.90 bits per heavy atom. The molecule has 106 valence electrons. The van der Waals surface area contributed by atoms with Gasteiger partial charge in [0.2, 0.25) is 0 Å². The number of fused-ring (bicyclic) bond motifs is 1. The van der Waals surface area contributed by atoms with Crippen molar-refractivity contribution < 1.29 is 14.3 Å². The molecule has 0 fully saturated rings. The highest BCUT2D eigenvalue weighted by atomic mass is 16.6. The molecule has 0 aliphatic heterocycles. The standard InChI is InChI=1S/C17H20O3/c1-3-4-11-16(17(18)19-2)20-15-12-7-9-13-8-5-6-10-14(13)15/h5-10,12,16H,3-4,11H2,1-2H3. The first kappa shape index (κ1) is 14.4. The lowest BCUT2D eigenvalue weighted by Gasteiger charge is -2.18. The maximum Gasteiger partial charge on any atom is 0.347 e. The lowest BCUT2D eigenvalue weighted by Crippen LogP contribution is -2.28. The van der Waals surface area contributed by atoms with E-state index in [2.05, 4.69) is 6.92 Å². The van der Waals surface area contributed by atoms with Gasteiger partial charge in [-0.15, -0.1) is 0 Å². The maximum absolute atomic E-state index is 11.8. The molecule has 3 nitrogen and oxygen atoms in total. The van der Waals surface area contributed by atoms with Gasteiger partial charge in [-0.1, -0.05) is 49.7 Å². The lowest BCUT2D eigenvalue weighted by molar-refractivity contribution is -0.149. The van der Waals surface area contributed by atoms with Gasteiger partial charge in [-0.05, 0) is 24.3 Å². The van der Waals surface area contributed by atoms with E-state index in [9.17, 15) is 4.79 Å². The minimum absolute atomic E-state index is 0.314. The SMILES string of the molecule is CCCCC(Oc1cccc2ccccc12)C(=O)OC. The molecule has 1 atom stereocenters. The fourth-order valence-corrected chi connectivity index (χ4v) is 2.20. The Bertz CT molecular complexity index is 572. The summed E-state index contributed by atoms with van der Waals surface area (Å²) in [5.74, 6) is 0.418. The number of hydrogen-bond donors (Lipinski definition) is 0.